The Bertz CT molecular complexity index is 334. The molecule has 0 aliphatic carbocycles. The monoisotopic (exact) mass is 393 g/mol. The van der Waals surface area contributed by atoms with Crippen molar-refractivity contribution in [1.82, 2.24) is 15.1 Å². The van der Waals surface area contributed by atoms with Crippen LogP contribution in [0, 0.1) is 0 Å². The number of hydrogen-bond donors (Lipinski definition) is 6. The van der Waals surface area contributed by atoms with Crippen LogP contribution < -0.4 is 5.32 Å². The smallest absolute Gasteiger partial charge is 0.0639 e. The molecular formula is C19H43N3O5. The summed E-state index contributed by atoms with van der Waals surface area (Å²) < 4.78 is 0. The normalized spacial score (nSPS) is 19.1. The van der Waals surface area contributed by atoms with Crippen LogP contribution in [0.25, 0.3) is 0 Å². The Hall–Kier alpha value is -0.320. The first kappa shape index (κ1) is 26.7. The van der Waals surface area contributed by atoms with E-state index >= 15 is 0 Å². The summed E-state index contributed by atoms with van der Waals surface area (Å²) in [7, 11) is 0. The van der Waals surface area contributed by atoms with Gasteiger partial charge in [-0.15, -0.1) is 0 Å². The summed E-state index contributed by atoms with van der Waals surface area (Å²) in [6.45, 7) is 12.5. The van der Waals surface area contributed by atoms with Gasteiger partial charge in [0.1, 0.15) is 0 Å². The molecule has 6 atom stereocenters. The Labute approximate surface area is 164 Å². The van der Waals surface area contributed by atoms with Crippen molar-refractivity contribution in [2.45, 2.75) is 77.6 Å². The van der Waals surface area contributed by atoms with Crippen LogP contribution in [-0.4, -0.2) is 118 Å². The van der Waals surface area contributed by atoms with Crippen molar-refractivity contribution in [1.29, 1.82) is 0 Å². The van der Waals surface area contributed by atoms with Gasteiger partial charge in [-0.3, -0.25) is 9.80 Å². The van der Waals surface area contributed by atoms with E-state index in [1.54, 1.807) is 34.6 Å². The van der Waals surface area contributed by atoms with Crippen molar-refractivity contribution in [2.75, 3.05) is 45.8 Å². The van der Waals surface area contributed by atoms with E-state index in [0.29, 0.717) is 52.2 Å². The van der Waals surface area contributed by atoms with Crippen molar-refractivity contribution in [3.05, 3.63) is 0 Å². The Balaban J connectivity index is 4.69. The minimum absolute atomic E-state index is 0.0174. The third-order valence-corrected chi connectivity index (χ3v) is 4.16. The van der Waals surface area contributed by atoms with Crippen molar-refractivity contribution in [3.63, 3.8) is 0 Å². The van der Waals surface area contributed by atoms with E-state index in [2.05, 4.69) is 5.32 Å². The van der Waals surface area contributed by atoms with Crippen molar-refractivity contribution < 1.29 is 25.5 Å². The average Bonchev–Trinajstić information content (AvgIpc) is 2.46. The van der Waals surface area contributed by atoms with Gasteiger partial charge >= 0.3 is 0 Å². The van der Waals surface area contributed by atoms with Crippen LogP contribution in [0.1, 0.15) is 41.0 Å². The van der Waals surface area contributed by atoms with Crippen LogP contribution in [0.5, 0.6) is 0 Å². The van der Waals surface area contributed by atoms with Crippen LogP contribution in [0.4, 0.5) is 0 Å². The number of nitrogens with zero attached hydrogens (tertiary/aromatic N) is 2. The van der Waals surface area contributed by atoms with Crippen LogP contribution in [0.2, 0.25) is 0 Å². The molecule has 0 heterocycles. The summed E-state index contributed by atoms with van der Waals surface area (Å²) in [4.78, 5) is 4.02. The van der Waals surface area contributed by atoms with Gasteiger partial charge in [0.15, 0.2) is 0 Å². The lowest BCUT2D eigenvalue weighted by atomic mass is 10.1. The van der Waals surface area contributed by atoms with Crippen LogP contribution in [0.3, 0.4) is 0 Å². The summed E-state index contributed by atoms with van der Waals surface area (Å²) >= 11 is 0. The van der Waals surface area contributed by atoms with Gasteiger partial charge in [0.2, 0.25) is 0 Å². The summed E-state index contributed by atoms with van der Waals surface area (Å²) in [6.07, 6.45) is -1.90. The van der Waals surface area contributed by atoms with E-state index < -0.39 is 30.5 Å². The first-order valence-electron chi connectivity index (χ1n) is 10.1. The maximum absolute atomic E-state index is 9.84. The molecule has 8 nitrogen and oxygen atoms in total. The second kappa shape index (κ2) is 14.6. The van der Waals surface area contributed by atoms with Crippen LogP contribution >= 0.6 is 0 Å². The number of aliphatic hydroxyl groups excluding tert-OH is 5. The molecule has 8 heteroatoms. The maximum atomic E-state index is 9.84. The molecule has 0 spiro atoms. The van der Waals surface area contributed by atoms with Gasteiger partial charge in [-0.2, -0.15) is 0 Å². The number of nitrogens with one attached hydrogen (secondary N) is 1. The quantitative estimate of drug-likeness (QED) is 0.182. The fraction of sp³-hybridized carbons (Fsp3) is 1.00. The second-order valence-corrected chi connectivity index (χ2v) is 8.05. The fourth-order valence-corrected chi connectivity index (χ4v) is 3.32. The molecule has 0 aromatic heterocycles. The van der Waals surface area contributed by atoms with Crippen LogP contribution in [-0.2, 0) is 0 Å². The molecule has 0 aliphatic rings. The van der Waals surface area contributed by atoms with E-state index in [9.17, 15) is 25.5 Å². The van der Waals surface area contributed by atoms with Crippen molar-refractivity contribution in [2.24, 2.45) is 0 Å². The zero-order valence-corrected chi connectivity index (χ0v) is 17.8. The SMILES string of the molecule is CC(O)CC(CNCCN(CC(C)O)CC(C)O)N(CC(C)O)CC(C)O. The third kappa shape index (κ3) is 15.3. The molecule has 27 heavy (non-hydrogen) atoms. The van der Waals surface area contributed by atoms with Crippen molar-refractivity contribution >= 4 is 0 Å². The third-order valence-electron chi connectivity index (χ3n) is 4.16. The standard InChI is InChI=1S/C19H43N3O5/c1-14(23)8-19(22(12-17(4)26)13-18(5)27)9-20-6-7-21(10-15(2)24)11-16(3)25/h14-20,23-27H,6-13H2,1-5H3. The Morgan fingerprint density at radius 1 is 0.667 bits per heavy atom. The molecular weight excluding hydrogens is 350 g/mol. The zero-order valence-electron chi connectivity index (χ0n) is 17.8. The molecule has 0 saturated carbocycles. The zero-order chi connectivity index (χ0) is 21.0. The molecule has 0 bridgehead atoms. The average molecular weight is 394 g/mol. The molecule has 0 aromatic rings. The molecule has 6 N–H and O–H groups in total. The minimum Gasteiger partial charge on any atom is -0.393 e. The number of hydrogen-bond acceptors (Lipinski definition) is 8. The molecule has 6 unspecified atom stereocenters. The van der Waals surface area contributed by atoms with Gasteiger partial charge in [-0.1, -0.05) is 0 Å². The van der Waals surface area contributed by atoms with E-state index in [0.717, 1.165) is 0 Å². The largest absolute Gasteiger partial charge is 0.393 e. The van der Waals surface area contributed by atoms with Gasteiger partial charge in [0.05, 0.1) is 30.5 Å². The lowest BCUT2D eigenvalue weighted by Crippen LogP contribution is -2.50. The highest BCUT2D eigenvalue weighted by Gasteiger charge is 2.23. The molecule has 0 radical (unpaired) electrons. The van der Waals surface area contributed by atoms with E-state index in [1.165, 1.54) is 0 Å². The predicted molar refractivity (Wildman–Crippen MR) is 108 cm³/mol. The summed E-state index contributed by atoms with van der Waals surface area (Å²) in [6, 6.07) is -0.0174. The molecule has 0 aromatic carbocycles. The van der Waals surface area contributed by atoms with Crippen molar-refractivity contribution in [3.8, 4) is 0 Å². The molecule has 0 saturated heterocycles. The van der Waals surface area contributed by atoms with E-state index in [4.69, 9.17) is 0 Å². The summed E-state index contributed by atoms with van der Waals surface area (Å²) in [5.41, 5.74) is 0. The number of aliphatic hydroxyl groups is 5. The number of rotatable bonds is 16. The highest BCUT2D eigenvalue weighted by molar-refractivity contribution is 4.79. The van der Waals surface area contributed by atoms with Gasteiger partial charge in [-0.05, 0) is 41.0 Å². The lowest BCUT2D eigenvalue weighted by molar-refractivity contribution is 0.0380. The first-order chi connectivity index (χ1) is 12.5. The molecule has 0 amide bonds. The maximum Gasteiger partial charge on any atom is 0.0639 e. The Morgan fingerprint density at radius 3 is 1.48 bits per heavy atom. The molecule has 0 fully saturated rings. The second-order valence-electron chi connectivity index (χ2n) is 8.05. The van der Waals surface area contributed by atoms with Gasteiger partial charge in [0, 0.05) is 51.9 Å². The van der Waals surface area contributed by atoms with Gasteiger partial charge in [0.25, 0.3) is 0 Å². The summed E-state index contributed by atoms with van der Waals surface area (Å²) in [5.74, 6) is 0. The minimum atomic E-state index is -0.521. The topological polar surface area (TPSA) is 120 Å². The Kier molecular flexibility index (Phi) is 14.5. The predicted octanol–water partition coefficient (Wildman–Crippen LogP) is -1.16. The van der Waals surface area contributed by atoms with Gasteiger partial charge < -0.3 is 30.8 Å². The molecule has 0 aliphatic heterocycles. The first-order valence-corrected chi connectivity index (χ1v) is 10.1. The summed E-state index contributed by atoms with van der Waals surface area (Å²) in [5, 5.41) is 51.9. The Morgan fingerprint density at radius 2 is 1.11 bits per heavy atom. The fourth-order valence-electron chi connectivity index (χ4n) is 3.32. The molecule has 0 rings (SSSR count). The van der Waals surface area contributed by atoms with E-state index in [1.807, 2.05) is 9.80 Å². The molecule has 164 valence electrons. The lowest BCUT2D eigenvalue weighted by Gasteiger charge is -2.35. The van der Waals surface area contributed by atoms with Crippen LogP contribution in [0.15, 0.2) is 0 Å². The van der Waals surface area contributed by atoms with Gasteiger partial charge in [-0.25, -0.2) is 0 Å². The van der Waals surface area contributed by atoms with E-state index in [-0.39, 0.29) is 6.04 Å². The highest BCUT2D eigenvalue weighted by Crippen LogP contribution is 2.09. The highest BCUT2D eigenvalue weighted by atomic mass is 16.3.